The average Bonchev–Trinajstić information content (AvgIpc) is 2.51. The smallest absolute Gasteiger partial charge is 0.151 e. The molecule has 0 aromatic carbocycles. The van der Waals surface area contributed by atoms with E-state index in [0.29, 0.717) is 13.0 Å². The first-order valence-electron chi connectivity index (χ1n) is 5.94. The lowest BCUT2D eigenvalue weighted by molar-refractivity contribution is -0.0482. The molecule has 0 amide bonds. The fourth-order valence-electron chi connectivity index (χ4n) is 1.66. The molecule has 17 heavy (non-hydrogen) atoms. The molecule has 1 aliphatic heterocycles. The molecular weight excluding hydrogens is 242 g/mol. The van der Waals surface area contributed by atoms with Crippen LogP contribution < -0.4 is 5.32 Å². The second kappa shape index (κ2) is 5.65. The van der Waals surface area contributed by atoms with Gasteiger partial charge in [0.25, 0.3) is 0 Å². The first kappa shape index (κ1) is 14.9. The van der Waals surface area contributed by atoms with Crippen molar-refractivity contribution in [3.05, 3.63) is 0 Å². The zero-order valence-electron chi connectivity index (χ0n) is 10.8. The largest absolute Gasteiger partial charge is 0.389 e. The van der Waals surface area contributed by atoms with Crippen molar-refractivity contribution < 1.29 is 18.3 Å². The zero-order chi connectivity index (χ0) is 13.1. The van der Waals surface area contributed by atoms with Crippen LogP contribution in [0.1, 0.15) is 27.2 Å². The summed E-state index contributed by atoms with van der Waals surface area (Å²) in [6.07, 6.45) is 0.0346. The summed E-state index contributed by atoms with van der Waals surface area (Å²) in [5.74, 6) is 0.430. The number of rotatable bonds is 5. The van der Waals surface area contributed by atoms with Gasteiger partial charge in [0.15, 0.2) is 9.84 Å². The van der Waals surface area contributed by atoms with Crippen LogP contribution in [-0.4, -0.2) is 55.9 Å². The number of hydrogen-bond acceptors (Lipinski definition) is 5. The third-order valence-electron chi connectivity index (χ3n) is 2.58. The van der Waals surface area contributed by atoms with Crippen LogP contribution in [0, 0.1) is 0 Å². The van der Waals surface area contributed by atoms with Gasteiger partial charge < -0.3 is 15.2 Å². The van der Waals surface area contributed by atoms with E-state index in [-0.39, 0.29) is 29.8 Å². The molecule has 0 spiro atoms. The Bertz CT molecular complexity index is 334. The Kier molecular flexibility index (Phi) is 4.95. The highest BCUT2D eigenvalue weighted by Gasteiger charge is 2.27. The molecule has 1 aliphatic rings. The fraction of sp³-hybridized carbons (Fsp3) is 1.00. The molecule has 0 bridgehead atoms. The molecule has 2 unspecified atom stereocenters. The summed E-state index contributed by atoms with van der Waals surface area (Å²) < 4.78 is 27.9. The summed E-state index contributed by atoms with van der Waals surface area (Å²) in [6, 6.07) is -0.0238. The Labute approximate surface area is 103 Å². The summed E-state index contributed by atoms with van der Waals surface area (Å²) in [4.78, 5) is 0. The van der Waals surface area contributed by atoms with Gasteiger partial charge in [-0.15, -0.1) is 0 Å². The van der Waals surface area contributed by atoms with Crippen molar-refractivity contribution in [2.45, 2.75) is 44.9 Å². The standard InChI is InChI=1S/C11H23NO4S/c1-11(2,3)16-7-10(13)6-12-9-4-5-17(14,15)8-9/h9-10,12-13H,4-8H2,1-3H3. The second-order valence-electron chi connectivity index (χ2n) is 5.59. The Morgan fingerprint density at radius 3 is 2.59 bits per heavy atom. The third-order valence-corrected chi connectivity index (χ3v) is 4.35. The number of aliphatic hydroxyl groups is 1. The minimum absolute atomic E-state index is 0.0238. The van der Waals surface area contributed by atoms with Crippen LogP contribution in [0.15, 0.2) is 0 Å². The number of hydrogen-bond donors (Lipinski definition) is 2. The summed E-state index contributed by atoms with van der Waals surface area (Å²) in [5, 5.41) is 12.7. The summed E-state index contributed by atoms with van der Waals surface area (Å²) in [5.41, 5.74) is -0.266. The van der Waals surface area contributed by atoms with E-state index in [1.165, 1.54) is 0 Å². The van der Waals surface area contributed by atoms with Crippen LogP contribution in [0.5, 0.6) is 0 Å². The zero-order valence-corrected chi connectivity index (χ0v) is 11.6. The summed E-state index contributed by atoms with van der Waals surface area (Å²) >= 11 is 0. The molecule has 6 heteroatoms. The molecule has 0 saturated carbocycles. The van der Waals surface area contributed by atoms with Gasteiger partial charge in [0.05, 0.1) is 29.8 Å². The van der Waals surface area contributed by atoms with E-state index in [9.17, 15) is 13.5 Å². The van der Waals surface area contributed by atoms with E-state index in [1.807, 2.05) is 20.8 Å². The van der Waals surface area contributed by atoms with E-state index in [1.54, 1.807) is 0 Å². The quantitative estimate of drug-likeness (QED) is 0.728. The third kappa shape index (κ3) is 6.35. The van der Waals surface area contributed by atoms with Crippen LogP contribution in [0.25, 0.3) is 0 Å². The molecule has 5 nitrogen and oxygen atoms in total. The van der Waals surface area contributed by atoms with E-state index in [2.05, 4.69) is 5.32 Å². The van der Waals surface area contributed by atoms with Crippen molar-refractivity contribution in [1.29, 1.82) is 0 Å². The van der Waals surface area contributed by atoms with Gasteiger partial charge >= 0.3 is 0 Å². The van der Waals surface area contributed by atoms with Crippen LogP contribution >= 0.6 is 0 Å². The SMILES string of the molecule is CC(C)(C)OCC(O)CNC1CCS(=O)(=O)C1. The van der Waals surface area contributed by atoms with Crippen LogP contribution in [0.4, 0.5) is 0 Å². The van der Waals surface area contributed by atoms with E-state index < -0.39 is 15.9 Å². The minimum atomic E-state index is -2.85. The van der Waals surface area contributed by atoms with Gasteiger partial charge in [-0.2, -0.15) is 0 Å². The van der Waals surface area contributed by atoms with Gasteiger partial charge in [-0.25, -0.2) is 8.42 Å². The number of aliphatic hydroxyl groups excluding tert-OH is 1. The molecule has 0 aromatic rings. The maximum atomic E-state index is 11.2. The lowest BCUT2D eigenvalue weighted by Gasteiger charge is -2.22. The Morgan fingerprint density at radius 2 is 2.12 bits per heavy atom. The normalized spacial score (nSPS) is 26.0. The van der Waals surface area contributed by atoms with Crippen molar-refractivity contribution in [3.8, 4) is 0 Å². The molecule has 1 fully saturated rings. The molecule has 0 radical (unpaired) electrons. The van der Waals surface area contributed by atoms with Gasteiger partial charge in [0.1, 0.15) is 0 Å². The first-order valence-corrected chi connectivity index (χ1v) is 7.76. The second-order valence-corrected chi connectivity index (χ2v) is 7.81. The summed E-state index contributed by atoms with van der Waals surface area (Å²) in [7, 11) is -2.85. The van der Waals surface area contributed by atoms with E-state index in [0.717, 1.165) is 0 Å². The van der Waals surface area contributed by atoms with Gasteiger partial charge in [0, 0.05) is 12.6 Å². The lowest BCUT2D eigenvalue weighted by atomic mass is 10.2. The Hall–Kier alpha value is -0.170. The summed E-state index contributed by atoms with van der Waals surface area (Å²) in [6.45, 7) is 6.41. The monoisotopic (exact) mass is 265 g/mol. The maximum Gasteiger partial charge on any atom is 0.151 e. The molecule has 1 heterocycles. The van der Waals surface area contributed by atoms with Gasteiger partial charge in [0.2, 0.25) is 0 Å². The number of ether oxygens (including phenoxy) is 1. The van der Waals surface area contributed by atoms with Gasteiger partial charge in [-0.1, -0.05) is 0 Å². The topological polar surface area (TPSA) is 75.6 Å². The van der Waals surface area contributed by atoms with Crippen molar-refractivity contribution >= 4 is 9.84 Å². The van der Waals surface area contributed by atoms with Gasteiger partial charge in [-0.05, 0) is 27.2 Å². The molecule has 2 atom stereocenters. The van der Waals surface area contributed by atoms with Crippen molar-refractivity contribution in [3.63, 3.8) is 0 Å². The van der Waals surface area contributed by atoms with Crippen molar-refractivity contribution in [1.82, 2.24) is 5.32 Å². The molecule has 102 valence electrons. The first-order chi connectivity index (χ1) is 7.68. The molecule has 0 aromatic heterocycles. The predicted octanol–water partition coefficient (Wildman–Crippen LogP) is -0.0609. The van der Waals surface area contributed by atoms with Crippen LogP contribution in [0.3, 0.4) is 0 Å². The van der Waals surface area contributed by atoms with Crippen LogP contribution in [0.2, 0.25) is 0 Å². The van der Waals surface area contributed by atoms with Crippen LogP contribution in [-0.2, 0) is 14.6 Å². The fourth-order valence-corrected chi connectivity index (χ4v) is 3.37. The van der Waals surface area contributed by atoms with Crippen molar-refractivity contribution in [2.24, 2.45) is 0 Å². The molecular formula is C11H23NO4S. The van der Waals surface area contributed by atoms with Gasteiger partial charge in [-0.3, -0.25) is 0 Å². The van der Waals surface area contributed by atoms with E-state index >= 15 is 0 Å². The molecule has 2 N–H and O–H groups in total. The number of nitrogens with one attached hydrogen (secondary N) is 1. The average molecular weight is 265 g/mol. The highest BCUT2D eigenvalue weighted by Crippen LogP contribution is 2.11. The minimum Gasteiger partial charge on any atom is -0.389 e. The highest BCUT2D eigenvalue weighted by molar-refractivity contribution is 7.91. The highest BCUT2D eigenvalue weighted by atomic mass is 32.2. The molecule has 0 aliphatic carbocycles. The predicted molar refractivity (Wildman–Crippen MR) is 66.8 cm³/mol. The lowest BCUT2D eigenvalue weighted by Crippen LogP contribution is -2.39. The maximum absolute atomic E-state index is 11.2. The molecule has 1 saturated heterocycles. The Morgan fingerprint density at radius 1 is 1.47 bits per heavy atom. The molecule has 1 rings (SSSR count). The number of sulfone groups is 1. The van der Waals surface area contributed by atoms with Crippen molar-refractivity contribution in [2.75, 3.05) is 24.7 Å². The van der Waals surface area contributed by atoms with E-state index in [4.69, 9.17) is 4.74 Å². The Balaban J connectivity index is 2.19.